The van der Waals surface area contributed by atoms with Crippen LogP contribution in [-0.2, 0) is 16.6 Å². The second-order valence-electron chi connectivity index (χ2n) is 3.04. The van der Waals surface area contributed by atoms with Crippen LogP contribution in [0.15, 0.2) is 12.3 Å². The van der Waals surface area contributed by atoms with Crippen LogP contribution in [-0.4, -0.2) is 40.7 Å². The number of rotatable bonds is 4. The van der Waals surface area contributed by atoms with Gasteiger partial charge in [0.2, 0.25) is 0 Å². The first kappa shape index (κ1) is 12.5. The summed E-state index contributed by atoms with van der Waals surface area (Å²) in [6.45, 7) is 0.0121. The van der Waals surface area contributed by atoms with Crippen molar-refractivity contribution in [3.8, 4) is 0 Å². The monoisotopic (exact) mass is 245 g/mol. The summed E-state index contributed by atoms with van der Waals surface area (Å²) in [4.78, 5) is 22.5. The van der Waals surface area contributed by atoms with E-state index >= 15 is 0 Å². The van der Waals surface area contributed by atoms with Crippen LogP contribution in [0.4, 0.5) is 0 Å². The van der Waals surface area contributed by atoms with Crippen LogP contribution in [0.1, 0.15) is 10.5 Å². The van der Waals surface area contributed by atoms with Crippen LogP contribution in [0.25, 0.3) is 0 Å². The molecule has 1 amide bonds. The molecule has 0 bridgehead atoms. The number of alkyl halides is 1. The molecule has 1 heterocycles. The number of hydrogen-bond acceptors (Lipinski definition) is 4. The number of nitrogens with one attached hydrogen (secondary N) is 1. The molecule has 0 saturated heterocycles. The van der Waals surface area contributed by atoms with Gasteiger partial charge < -0.3 is 10.1 Å². The number of carbonyl (C=O) groups is 2. The van der Waals surface area contributed by atoms with Crippen LogP contribution in [0.3, 0.4) is 0 Å². The molecule has 16 heavy (non-hydrogen) atoms. The van der Waals surface area contributed by atoms with E-state index in [0.29, 0.717) is 5.69 Å². The molecule has 0 aliphatic heterocycles. The highest BCUT2D eigenvalue weighted by molar-refractivity contribution is 6.30. The van der Waals surface area contributed by atoms with E-state index in [1.807, 2.05) is 0 Å². The van der Waals surface area contributed by atoms with Gasteiger partial charge in [-0.3, -0.25) is 14.3 Å². The van der Waals surface area contributed by atoms with E-state index in [9.17, 15) is 9.59 Å². The maximum atomic E-state index is 11.6. The number of methoxy groups -OCH3 is 1. The number of amides is 1. The third-order valence-corrected chi connectivity index (χ3v) is 2.28. The van der Waals surface area contributed by atoms with Crippen molar-refractivity contribution in [2.24, 2.45) is 7.05 Å². The van der Waals surface area contributed by atoms with Crippen LogP contribution in [0.2, 0.25) is 0 Å². The number of esters is 1. The predicted octanol–water partition coefficient (Wildman–Crippen LogP) is -0.0697. The second kappa shape index (κ2) is 5.50. The van der Waals surface area contributed by atoms with E-state index in [4.69, 9.17) is 11.6 Å². The lowest BCUT2D eigenvalue weighted by Gasteiger charge is -2.08. The lowest BCUT2D eigenvalue weighted by molar-refractivity contribution is -0.140. The van der Waals surface area contributed by atoms with Crippen molar-refractivity contribution < 1.29 is 14.3 Å². The summed E-state index contributed by atoms with van der Waals surface area (Å²) in [6.07, 6.45) is 1.51. The number of halogens is 1. The summed E-state index contributed by atoms with van der Waals surface area (Å²) in [5, 5.41) is 5.47. The molecule has 0 aromatic carbocycles. The van der Waals surface area contributed by atoms with Gasteiger partial charge >= 0.3 is 5.97 Å². The van der Waals surface area contributed by atoms with Gasteiger partial charge in [-0.05, 0) is 6.07 Å². The molecule has 0 radical (unpaired) electrons. The molecule has 1 N–H and O–H groups in total. The largest absolute Gasteiger partial charge is 0.468 e. The van der Waals surface area contributed by atoms with Gasteiger partial charge in [0.1, 0.15) is 11.1 Å². The van der Waals surface area contributed by atoms with Gasteiger partial charge in [-0.1, -0.05) is 0 Å². The third-order valence-electron chi connectivity index (χ3n) is 1.95. The van der Waals surface area contributed by atoms with E-state index in [2.05, 4.69) is 15.2 Å². The standard InChI is InChI=1S/C9H12ClN3O3/c1-13-7(3-4-12-13)8(14)11-5-6(10)9(15)16-2/h3-4,6H,5H2,1-2H3,(H,11,14). The van der Waals surface area contributed by atoms with Crippen molar-refractivity contribution in [3.05, 3.63) is 18.0 Å². The van der Waals surface area contributed by atoms with E-state index in [0.717, 1.165) is 0 Å². The quantitative estimate of drug-likeness (QED) is 0.595. The van der Waals surface area contributed by atoms with E-state index in [-0.39, 0.29) is 12.5 Å². The Labute approximate surface area is 97.5 Å². The molecule has 0 aliphatic carbocycles. The van der Waals surface area contributed by atoms with Gasteiger partial charge in [-0.2, -0.15) is 5.10 Å². The van der Waals surface area contributed by atoms with Gasteiger partial charge in [0.05, 0.1) is 7.11 Å². The van der Waals surface area contributed by atoms with Crippen LogP contribution in [0, 0.1) is 0 Å². The number of ether oxygens (including phenoxy) is 1. The average molecular weight is 246 g/mol. The molecule has 0 saturated carbocycles. The molecule has 1 aromatic rings. The maximum Gasteiger partial charge on any atom is 0.325 e. The Morgan fingerprint density at radius 1 is 1.69 bits per heavy atom. The van der Waals surface area contributed by atoms with Crippen molar-refractivity contribution in [2.75, 3.05) is 13.7 Å². The normalized spacial score (nSPS) is 11.9. The van der Waals surface area contributed by atoms with Gasteiger partial charge in [0, 0.05) is 19.8 Å². The molecule has 7 heteroatoms. The molecule has 6 nitrogen and oxygen atoms in total. The Morgan fingerprint density at radius 3 is 2.88 bits per heavy atom. The Balaban J connectivity index is 2.48. The van der Waals surface area contributed by atoms with Crippen molar-refractivity contribution in [1.29, 1.82) is 0 Å². The Bertz CT molecular complexity index is 391. The molecular formula is C9H12ClN3O3. The van der Waals surface area contributed by atoms with Crippen LogP contribution >= 0.6 is 11.6 Å². The summed E-state index contributed by atoms with van der Waals surface area (Å²) < 4.78 is 5.85. The molecule has 1 rings (SSSR count). The zero-order valence-electron chi connectivity index (χ0n) is 8.94. The van der Waals surface area contributed by atoms with E-state index < -0.39 is 11.3 Å². The fraction of sp³-hybridized carbons (Fsp3) is 0.444. The summed E-state index contributed by atoms with van der Waals surface area (Å²) in [5.74, 6) is -0.915. The summed E-state index contributed by atoms with van der Waals surface area (Å²) in [5.41, 5.74) is 0.397. The van der Waals surface area contributed by atoms with E-state index in [1.54, 1.807) is 13.1 Å². The fourth-order valence-corrected chi connectivity index (χ4v) is 1.25. The number of aromatic nitrogens is 2. The van der Waals surface area contributed by atoms with Gasteiger partial charge in [0.15, 0.2) is 0 Å². The molecule has 0 fully saturated rings. The Hall–Kier alpha value is -1.56. The Morgan fingerprint density at radius 2 is 2.38 bits per heavy atom. The minimum Gasteiger partial charge on any atom is -0.468 e. The van der Waals surface area contributed by atoms with Crippen LogP contribution in [0.5, 0.6) is 0 Å². The Kier molecular flexibility index (Phi) is 4.30. The minimum absolute atomic E-state index is 0.0121. The molecule has 0 aliphatic rings. The summed E-state index contributed by atoms with van der Waals surface area (Å²) in [6, 6.07) is 1.57. The van der Waals surface area contributed by atoms with E-state index in [1.165, 1.54) is 18.0 Å². The van der Waals surface area contributed by atoms with Crippen molar-refractivity contribution >= 4 is 23.5 Å². The number of carbonyl (C=O) groups excluding carboxylic acids is 2. The lowest BCUT2D eigenvalue weighted by atomic mass is 10.3. The summed E-state index contributed by atoms with van der Waals surface area (Å²) in [7, 11) is 2.88. The van der Waals surface area contributed by atoms with Gasteiger partial charge in [-0.25, -0.2) is 0 Å². The number of nitrogens with zero attached hydrogens (tertiary/aromatic N) is 2. The molecule has 1 aromatic heterocycles. The number of hydrogen-bond donors (Lipinski definition) is 1. The molecule has 88 valence electrons. The zero-order valence-corrected chi connectivity index (χ0v) is 9.69. The molecular weight excluding hydrogens is 234 g/mol. The topological polar surface area (TPSA) is 73.2 Å². The third kappa shape index (κ3) is 2.96. The SMILES string of the molecule is COC(=O)C(Cl)CNC(=O)c1ccnn1C. The predicted molar refractivity (Wildman–Crippen MR) is 57.2 cm³/mol. The first-order valence-electron chi connectivity index (χ1n) is 4.54. The van der Waals surface area contributed by atoms with Gasteiger partial charge in [-0.15, -0.1) is 11.6 Å². The highest BCUT2D eigenvalue weighted by Crippen LogP contribution is 1.99. The highest BCUT2D eigenvalue weighted by atomic mass is 35.5. The molecule has 1 unspecified atom stereocenters. The smallest absolute Gasteiger partial charge is 0.325 e. The second-order valence-corrected chi connectivity index (χ2v) is 3.57. The maximum absolute atomic E-state index is 11.6. The minimum atomic E-state index is -0.887. The zero-order chi connectivity index (χ0) is 12.1. The molecule has 0 spiro atoms. The molecule has 1 atom stereocenters. The lowest BCUT2D eigenvalue weighted by Crippen LogP contribution is -2.35. The first-order valence-corrected chi connectivity index (χ1v) is 4.98. The van der Waals surface area contributed by atoms with Crippen molar-refractivity contribution in [1.82, 2.24) is 15.1 Å². The van der Waals surface area contributed by atoms with Crippen LogP contribution < -0.4 is 5.32 Å². The highest BCUT2D eigenvalue weighted by Gasteiger charge is 2.17. The van der Waals surface area contributed by atoms with Crippen molar-refractivity contribution in [2.45, 2.75) is 5.38 Å². The van der Waals surface area contributed by atoms with Gasteiger partial charge in [0.25, 0.3) is 5.91 Å². The first-order chi connectivity index (χ1) is 7.56. The summed E-state index contributed by atoms with van der Waals surface area (Å²) >= 11 is 5.66. The number of aryl methyl sites for hydroxylation is 1. The fourth-order valence-electron chi connectivity index (χ4n) is 1.08. The van der Waals surface area contributed by atoms with Crippen molar-refractivity contribution in [3.63, 3.8) is 0 Å². The average Bonchev–Trinajstić information content (AvgIpc) is 2.70.